The molecule has 0 heterocycles. The number of Topliss-reactive ketones (excluding diaryl/α,β-unsaturated/α-hetero) is 1. The first kappa shape index (κ1) is 8.51. The lowest BCUT2D eigenvalue weighted by atomic mass is 9.73. The quantitative estimate of drug-likeness (QED) is 0.521. The van der Waals surface area contributed by atoms with Gasteiger partial charge in [0.15, 0.2) is 5.78 Å². The predicted octanol–water partition coefficient (Wildman–Crippen LogP) is 2.71. The molecule has 0 N–H and O–H groups in total. The van der Waals surface area contributed by atoms with Gasteiger partial charge in [-0.25, -0.2) is 0 Å². The molecule has 0 fully saturated rings. The van der Waals surface area contributed by atoms with Crippen LogP contribution in [0.5, 0.6) is 0 Å². The highest BCUT2D eigenvalue weighted by atomic mass is 16.1. The Hall–Kier alpha value is -0.590. The van der Waals surface area contributed by atoms with Crippen molar-refractivity contribution in [1.82, 2.24) is 0 Å². The number of allylic oxidation sites excluding steroid dienone is 2. The zero-order valence-corrected chi connectivity index (χ0v) is 7.82. The Balaban J connectivity index is 3.07. The Morgan fingerprint density at radius 2 is 1.82 bits per heavy atom. The summed E-state index contributed by atoms with van der Waals surface area (Å²) in [6.07, 6.45) is 1.74. The van der Waals surface area contributed by atoms with Gasteiger partial charge in [-0.3, -0.25) is 4.79 Å². The van der Waals surface area contributed by atoms with Crippen molar-refractivity contribution in [2.45, 2.75) is 40.5 Å². The van der Waals surface area contributed by atoms with E-state index in [1.807, 2.05) is 6.92 Å². The van der Waals surface area contributed by atoms with Crippen LogP contribution in [-0.4, -0.2) is 5.78 Å². The monoisotopic (exact) mass is 152 g/mol. The van der Waals surface area contributed by atoms with Crippen molar-refractivity contribution in [3.8, 4) is 0 Å². The van der Waals surface area contributed by atoms with Gasteiger partial charge in [0.2, 0.25) is 0 Å². The fraction of sp³-hybridized carbons (Fsp3) is 0.700. The molecule has 0 saturated heterocycles. The minimum atomic E-state index is 0.248. The number of hydrogen-bond acceptors (Lipinski definition) is 1. The van der Waals surface area contributed by atoms with Crippen LogP contribution in [0.2, 0.25) is 0 Å². The molecule has 0 saturated carbocycles. The Kier molecular flexibility index (Phi) is 1.91. The molecule has 1 aliphatic rings. The standard InChI is InChI=1S/C10H16O/c1-7-8(2)10(3,4)6-5-9(7)11/h5-6H2,1-4H3. The number of carbonyl (C=O) groups excluding carboxylic acids is 1. The van der Waals surface area contributed by atoms with E-state index in [-0.39, 0.29) is 5.41 Å². The number of rotatable bonds is 0. The average Bonchev–Trinajstić information content (AvgIpc) is 1.95. The van der Waals surface area contributed by atoms with Gasteiger partial charge in [0, 0.05) is 6.42 Å². The summed E-state index contributed by atoms with van der Waals surface area (Å²) in [5, 5.41) is 0. The molecule has 0 aromatic carbocycles. The van der Waals surface area contributed by atoms with Crippen LogP contribution >= 0.6 is 0 Å². The normalized spacial score (nSPS) is 24.2. The van der Waals surface area contributed by atoms with Crippen LogP contribution in [0.1, 0.15) is 40.5 Å². The van der Waals surface area contributed by atoms with E-state index >= 15 is 0 Å². The minimum Gasteiger partial charge on any atom is -0.295 e. The molecule has 0 radical (unpaired) electrons. The molecule has 1 rings (SSSR count). The number of hydrogen-bond donors (Lipinski definition) is 0. The Morgan fingerprint density at radius 1 is 1.27 bits per heavy atom. The van der Waals surface area contributed by atoms with E-state index in [4.69, 9.17) is 0 Å². The van der Waals surface area contributed by atoms with Crippen LogP contribution in [-0.2, 0) is 4.79 Å². The van der Waals surface area contributed by atoms with Gasteiger partial charge in [-0.05, 0) is 31.3 Å². The largest absolute Gasteiger partial charge is 0.295 e. The van der Waals surface area contributed by atoms with Crippen molar-refractivity contribution in [3.05, 3.63) is 11.1 Å². The molecule has 0 atom stereocenters. The molecule has 1 heteroatoms. The van der Waals surface area contributed by atoms with Gasteiger partial charge >= 0.3 is 0 Å². The van der Waals surface area contributed by atoms with Gasteiger partial charge in [-0.1, -0.05) is 19.4 Å². The molecule has 0 bridgehead atoms. The molecule has 0 spiro atoms. The van der Waals surface area contributed by atoms with Gasteiger partial charge in [0.05, 0.1) is 0 Å². The molecule has 62 valence electrons. The molecule has 0 aromatic heterocycles. The summed E-state index contributed by atoms with van der Waals surface area (Å²) in [4.78, 5) is 11.2. The summed E-state index contributed by atoms with van der Waals surface area (Å²) < 4.78 is 0. The molecule has 1 nitrogen and oxygen atoms in total. The summed E-state index contributed by atoms with van der Waals surface area (Å²) in [6, 6.07) is 0. The zero-order valence-electron chi connectivity index (χ0n) is 7.82. The second-order valence-electron chi connectivity index (χ2n) is 4.06. The number of ketones is 1. The summed E-state index contributed by atoms with van der Waals surface area (Å²) >= 11 is 0. The average molecular weight is 152 g/mol. The topological polar surface area (TPSA) is 17.1 Å². The van der Waals surface area contributed by atoms with Crippen molar-refractivity contribution >= 4 is 5.78 Å². The van der Waals surface area contributed by atoms with Crippen molar-refractivity contribution < 1.29 is 4.79 Å². The second-order valence-corrected chi connectivity index (χ2v) is 4.06. The van der Waals surface area contributed by atoms with Crippen LogP contribution in [0.4, 0.5) is 0 Å². The molecule has 0 unspecified atom stereocenters. The second kappa shape index (κ2) is 2.47. The lowest BCUT2D eigenvalue weighted by molar-refractivity contribution is -0.116. The van der Waals surface area contributed by atoms with Crippen LogP contribution in [0.3, 0.4) is 0 Å². The van der Waals surface area contributed by atoms with Crippen molar-refractivity contribution in [3.63, 3.8) is 0 Å². The Bertz CT molecular complexity index is 221. The van der Waals surface area contributed by atoms with Crippen LogP contribution in [0.15, 0.2) is 11.1 Å². The van der Waals surface area contributed by atoms with Gasteiger partial charge in [0.25, 0.3) is 0 Å². The SMILES string of the molecule is CC1=C(C)C(C)(C)CCC1=O. The highest BCUT2D eigenvalue weighted by molar-refractivity contribution is 5.96. The Labute approximate surface area is 68.5 Å². The van der Waals surface area contributed by atoms with E-state index in [9.17, 15) is 4.79 Å². The van der Waals surface area contributed by atoms with Gasteiger partial charge < -0.3 is 0 Å². The molecular weight excluding hydrogens is 136 g/mol. The third-order valence-electron chi connectivity index (χ3n) is 2.97. The first-order valence-electron chi connectivity index (χ1n) is 4.16. The van der Waals surface area contributed by atoms with Crippen molar-refractivity contribution in [2.24, 2.45) is 5.41 Å². The van der Waals surface area contributed by atoms with Crippen LogP contribution < -0.4 is 0 Å². The van der Waals surface area contributed by atoms with E-state index < -0.39 is 0 Å². The predicted molar refractivity (Wildman–Crippen MR) is 46.4 cm³/mol. The van der Waals surface area contributed by atoms with Crippen LogP contribution in [0.25, 0.3) is 0 Å². The zero-order chi connectivity index (χ0) is 8.65. The Morgan fingerprint density at radius 3 is 2.27 bits per heavy atom. The molecular formula is C10H16O. The van der Waals surface area contributed by atoms with Gasteiger partial charge in [-0.2, -0.15) is 0 Å². The molecule has 11 heavy (non-hydrogen) atoms. The van der Waals surface area contributed by atoms with E-state index in [1.165, 1.54) is 5.57 Å². The third-order valence-corrected chi connectivity index (χ3v) is 2.97. The van der Waals surface area contributed by atoms with Crippen molar-refractivity contribution in [1.29, 1.82) is 0 Å². The third kappa shape index (κ3) is 1.37. The summed E-state index contributed by atoms with van der Waals surface area (Å²) in [7, 11) is 0. The highest BCUT2D eigenvalue weighted by Crippen LogP contribution is 2.37. The minimum absolute atomic E-state index is 0.248. The smallest absolute Gasteiger partial charge is 0.158 e. The van der Waals surface area contributed by atoms with E-state index in [1.54, 1.807) is 0 Å². The molecule has 1 aliphatic carbocycles. The van der Waals surface area contributed by atoms with Gasteiger partial charge in [-0.15, -0.1) is 0 Å². The first-order chi connectivity index (χ1) is 4.95. The van der Waals surface area contributed by atoms with E-state index in [0.717, 1.165) is 18.4 Å². The fourth-order valence-corrected chi connectivity index (χ4v) is 1.52. The summed E-state index contributed by atoms with van der Waals surface area (Å²) in [6.45, 7) is 8.43. The molecule has 0 amide bonds. The van der Waals surface area contributed by atoms with E-state index in [2.05, 4.69) is 20.8 Å². The van der Waals surface area contributed by atoms with Gasteiger partial charge in [0.1, 0.15) is 0 Å². The number of carbonyl (C=O) groups is 1. The highest BCUT2D eigenvalue weighted by Gasteiger charge is 2.28. The van der Waals surface area contributed by atoms with E-state index in [0.29, 0.717) is 5.78 Å². The fourth-order valence-electron chi connectivity index (χ4n) is 1.52. The lowest BCUT2D eigenvalue weighted by Gasteiger charge is -2.31. The maximum Gasteiger partial charge on any atom is 0.158 e. The molecule has 0 aliphatic heterocycles. The lowest BCUT2D eigenvalue weighted by Crippen LogP contribution is -2.23. The summed E-state index contributed by atoms with van der Waals surface area (Å²) in [5.41, 5.74) is 2.51. The van der Waals surface area contributed by atoms with Crippen molar-refractivity contribution in [2.75, 3.05) is 0 Å². The first-order valence-corrected chi connectivity index (χ1v) is 4.16. The molecule has 0 aromatic rings. The summed E-state index contributed by atoms with van der Waals surface area (Å²) in [5.74, 6) is 0.335. The van der Waals surface area contributed by atoms with Crippen LogP contribution in [0, 0.1) is 5.41 Å². The maximum atomic E-state index is 11.2. The maximum absolute atomic E-state index is 11.2.